The van der Waals surface area contributed by atoms with E-state index in [1.54, 1.807) is 0 Å². The van der Waals surface area contributed by atoms with Gasteiger partial charge in [0.2, 0.25) is 0 Å². The van der Waals surface area contributed by atoms with Crippen LogP contribution >= 0.6 is 0 Å². The number of benzene rings is 1. The van der Waals surface area contributed by atoms with Crippen molar-refractivity contribution in [3.05, 3.63) is 35.4 Å². The highest BCUT2D eigenvalue weighted by molar-refractivity contribution is 5.79. The molecule has 18 heavy (non-hydrogen) atoms. The highest BCUT2D eigenvalue weighted by Gasteiger charge is 2.20. The van der Waals surface area contributed by atoms with Gasteiger partial charge in [-0.05, 0) is 35.3 Å². The lowest BCUT2D eigenvalue weighted by Gasteiger charge is -2.21. The molecule has 1 unspecified atom stereocenters. The first kappa shape index (κ1) is 13.3. The molecule has 1 aromatic rings. The van der Waals surface area contributed by atoms with Gasteiger partial charge in [0.25, 0.3) is 0 Å². The molecule has 1 aliphatic rings. The van der Waals surface area contributed by atoms with Crippen LogP contribution in [0, 0.1) is 0 Å². The summed E-state index contributed by atoms with van der Waals surface area (Å²) in [5.74, 6) is 0.895. The fraction of sp³-hybridized carbons (Fsp3) is 0.588. The molecule has 1 heteroatoms. The summed E-state index contributed by atoms with van der Waals surface area (Å²) >= 11 is 0. The molecule has 1 saturated carbocycles. The summed E-state index contributed by atoms with van der Waals surface area (Å²) in [6, 6.07) is 8.91. The van der Waals surface area contributed by atoms with Gasteiger partial charge in [-0.3, -0.25) is 4.79 Å². The normalized spacial score (nSPS) is 21.7. The topological polar surface area (TPSA) is 17.1 Å². The van der Waals surface area contributed by atoms with Crippen molar-refractivity contribution >= 4 is 5.78 Å². The van der Waals surface area contributed by atoms with Crippen molar-refractivity contribution in [2.45, 2.75) is 64.2 Å². The Morgan fingerprint density at radius 2 is 1.72 bits per heavy atom. The van der Waals surface area contributed by atoms with Crippen LogP contribution < -0.4 is 0 Å². The van der Waals surface area contributed by atoms with Crippen LogP contribution in [0.25, 0.3) is 0 Å². The minimum Gasteiger partial charge on any atom is -0.300 e. The van der Waals surface area contributed by atoms with E-state index in [2.05, 4.69) is 45.0 Å². The Morgan fingerprint density at radius 1 is 1.06 bits per heavy atom. The maximum absolute atomic E-state index is 11.7. The SMILES string of the molecule is CC(C)(C)c1ccc(C2CCCCC(=O)C2)cc1. The number of Topliss-reactive ketones (excluding diaryl/α,β-unsaturated/α-hetero) is 1. The number of carbonyl (C=O) groups excluding carboxylic acids is 1. The van der Waals surface area contributed by atoms with Gasteiger partial charge in [-0.2, -0.15) is 0 Å². The van der Waals surface area contributed by atoms with E-state index < -0.39 is 0 Å². The summed E-state index contributed by atoms with van der Waals surface area (Å²) in [6.07, 6.45) is 4.97. The van der Waals surface area contributed by atoms with E-state index in [9.17, 15) is 4.79 Å². The van der Waals surface area contributed by atoms with Crippen LogP contribution in [0.3, 0.4) is 0 Å². The van der Waals surface area contributed by atoms with Crippen molar-refractivity contribution in [3.8, 4) is 0 Å². The Kier molecular flexibility index (Phi) is 3.89. The lowest BCUT2D eigenvalue weighted by Crippen LogP contribution is -2.11. The van der Waals surface area contributed by atoms with Crippen LogP contribution in [-0.2, 0) is 10.2 Å². The van der Waals surface area contributed by atoms with Crippen LogP contribution in [0.15, 0.2) is 24.3 Å². The second-order valence-corrected chi connectivity index (χ2v) is 6.56. The molecule has 0 heterocycles. The minimum absolute atomic E-state index is 0.206. The van der Waals surface area contributed by atoms with E-state index in [1.807, 2.05) is 0 Å². The van der Waals surface area contributed by atoms with E-state index in [-0.39, 0.29) is 5.41 Å². The van der Waals surface area contributed by atoms with Crippen molar-refractivity contribution < 1.29 is 4.79 Å². The lowest BCUT2D eigenvalue weighted by atomic mass is 9.84. The number of hydrogen-bond donors (Lipinski definition) is 0. The number of hydrogen-bond acceptors (Lipinski definition) is 1. The van der Waals surface area contributed by atoms with Gasteiger partial charge in [0.15, 0.2) is 0 Å². The quantitative estimate of drug-likeness (QED) is 0.660. The minimum atomic E-state index is 0.206. The van der Waals surface area contributed by atoms with Crippen LogP contribution in [0.4, 0.5) is 0 Å². The second kappa shape index (κ2) is 5.26. The molecule has 1 nitrogen and oxygen atoms in total. The van der Waals surface area contributed by atoms with Gasteiger partial charge in [0.1, 0.15) is 5.78 Å². The lowest BCUT2D eigenvalue weighted by molar-refractivity contribution is -0.119. The van der Waals surface area contributed by atoms with Gasteiger partial charge in [0.05, 0.1) is 0 Å². The van der Waals surface area contributed by atoms with Gasteiger partial charge in [-0.1, -0.05) is 51.5 Å². The molecule has 1 aliphatic carbocycles. The summed E-state index contributed by atoms with van der Waals surface area (Å²) in [5, 5.41) is 0. The third kappa shape index (κ3) is 3.22. The largest absolute Gasteiger partial charge is 0.300 e. The molecule has 1 aromatic carbocycles. The van der Waals surface area contributed by atoms with Crippen molar-refractivity contribution in [3.63, 3.8) is 0 Å². The highest BCUT2D eigenvalue weighted by atomic mass is 16.1. The summed E-state index contributed by atoms with van der Waals surface area (Å²) in [7, 11) is 0. The monoisotopic (exact) mass is 244 g/mol. The second-order valence-electron chi connectivity index (χ2n) is 6.56. The van der Waals surface area contributed by atoms with Gasteiger partial charge in [-0.25, -0.2) is 0 Å². The van der Waals surface area contributed by atoms with Crippen LogP contribution in [0.1, 0.15) is 69.9 Å². The number of carbonyl (C=O) groups is 1. The summed E-state index contributed by atoms with van der Waals surface area (Å²) in [4.78, 5) is 11.7. The third-order valence-corrected chi connectivity index (χ3v) is 3.98. The molecule has 1 fully saturated rings. The molecular formula is C17H24O. The van der Waals surface area contributed by atoms with E-state index in [1.165, 1.54) is 24.0 Å². The van der Waals surface area contributed by atoms with Gasteiger partial charge < -0.3 is 0 Å². The predicted molar refractivity (Wildman–Crippen MR) is 76.0 cm³/mol. The van der Waals surface area contributed by atoms with Crippen molar-refractivity contribution in [2.75, 3.05) is 0 Å². The van der Waals surface area contributed by atoms with Crippen molar-refractivity contribution in [1.82, 2.24) is 0 Å². The standard InChI is InChI=1S/C17H24O/c1-17(2,3)15-10-8-13(9-11-15)14-6-4-5-7-16(18)12-14/h8-11,14H,4-7,12H2,1-3H3. The first-order valence-electron chi connectivity index (χ1n) is 7.09. The maximum atomic E-state index is 11.7. The number of ketones is 1. The molecule has 0 saturated heterocycles. The van der Waals surface area contributed by atoms with E-state index in [4.69, 9.17) is 0 Å². The van der Waals surface area contributed by atoms with Crippen LogP contribution in [0.5, 0.6) is 0 Å². The highest BCUT2D eigenvalue weighted by Crippen LogP contribution is 2.31. The predicted octanol–water partition coefficient (Wildman–Crippen LogP) is 4.60. The fourth-order valence-corrected chi connectivity index (χ4v) is 2.73. The molecule has 0 bridgehead atoms. The Morgan fingerprint density at radius 3 is 2.33 bits per heavy atom. The molecule has 0 N–H and O–H groups in total. The smallest absolute Gasteiger partial charge is 0.133 e. The fourth-order valence-electron chi connectivity index (χ4n) is 2.73. The van der Waals surface area contributed by atoms with Gasteiger partial charge >= 0.3 is 0 Å². The van der Waals surface area contributed by atoms with E-state index >= 15 is 0 Å². The summed E-state index contributed by atoms with van der Waals surface area (Å²) < 4.78 is 0. The first-order chi connectivity index (χ1) is 8.47. The van der Waals surface area contributed by atoms with Crippen LogP contribution in [0.2, 0.25) is 0 Å². The molecule has 98 valence electrons. The molecule has 1 atom stereocenters. The average Bonchev–Trinajstić information content (AvgIpc) is 2.53. The molecule has 2 rings (SSSR count). The summed E-state index contributed by atoms with van der Waals surface area (Å²) in [6.45, 7) is 6.70. The zero-order valence-corrected chi connectivity index (χ0v) is 11.8. The zero-order valence-electron chi connectivity index (χ0n) is 11.8. The zero-order chi connectivity index (χ0) is 13.2. The Bertz CT molecular complexity index is 408. The Hall–Kier alpha value is -1.11. The molecule has 0 spiro atoms. The Labute approximate surface area is 111 Å². The van der Waals surface area contributed by atoms with Crippen LogP contribution in [-0.4, -0.2) is 5.78 Å². The maximum Gasteiger partial charge on any atom is 0.133 e. The first-order valence-corrected chi connectivity index (χ1v) is 7.09. The molecular weight excluding hydrogens is 220 g/mol. The van der Waals surface area contributed by atoms with Crippen molar-refractivity contribution in [1.29, 1.82) is 0 Å². The molecule has 0 radical (unpaired) electrons. The molecule has 0 aromatic heterocycles. The molecule has 0 amide bonds. The average molecular weight is 244 g/mol. The third-order valence-electron chi connectivity index (χ3n) is 3.98. The van der Waals surface area contributed by atoms with E-state index in [0.717, 1.165) is 19.3 Å². The summed E-state index contributed by atoms with van der Waals surface area (Å²) in [5.41, 5.74) is 2.92. The number of rotatable bonds is 1. The molecule has 0 aliphatic heterocycles. The Balaban J connectivity index is 2.16. The van der Waals surface area contributed by atoms with Gasteiger partial charge in [-0.15, -0.1) is 0 Å². The van der Waals surface area contributed by atoms with Crippen molar-refractivity contribution in [2.24, 2.45) is 0 Å². The van der Waals surface area contributed by atoms with Gasteiger partial charge in [0, 0.05) is 12.8 Å². The van der Waals surface area contributed by atoms with E-state index in [0.29, 0.717) is 11.7 Å².